The average Bonchev–Trinajstić information content (AvgIpc) is 2.37. The van der Waals surface area contributed by atoms with E-state index in [-0.39, 0.29) is 11.9 Å². The molecule has 0 aromatic heterocycles. The van der Waals surface area contributed by atoms with Crippen LogP contribution in [0, 0.1) is 0 Å². The van der Waals surface area contributed by atoms with Crippen LogP contribution in [0.4, 0.5) is 4.79 Å². The van der Waals surface area contributed by atoms with Crippen LogP contribution in [-0.2, 0) is 4.79 Å². The molecule has 18 heavy (non-hydrogen) atoms. The van der Waals surface area contributed by atoms with Crippen LogP contribution in [0.1, 0.15) is 26.2 Å². The summed E-state index contributed by atoms with van der Waals surface area (Å²) in [5, 5.41) is 4.62. The minimum atomic E-state index is -0.504. The van der Waals surface area contributed by atoms with Crippen LogP contribution in [0.25, 0.3) is 0 Å². The van der Waals surface area contributed by atoms with Crippen LogP contribution < -0.4 is 16.4 Å². The maximum absolute atomic E-state index is 11.9. The summed E-state index contributed by atoms with van der Waals surface area (Å²) < 4.78 is 0. The third-order valence-electron chi connectivity index (χ3n) is 3.21. The molecule has 4 N–H and O–H groups in total. The number of urea groups is 1. The minimum absolute atomic E-state index is 0.0563. The lowest BCUT2D eigenvalue weighted by Gasteiger charge is -2.38. The maximum Gasteiger partial charge on any atom is 0.321 e. The Morgan fingerprint density at radius 1 is 1.44 bits per heavy atom. The molecular formula is C11H20N4O2S. The molecular weight excluding hydrogens is 252 g/mol. The molecule has 2 atom stereocenters. The Balaban J connectivity index is 2.67. The first-order valence-electron chi connectivity index (χ1n) is 6.05. The highest BCUT2D eigenvalue weighted by Gasteiger charge is 2.32. The topological polar surface area (TPSA) is 87.5 Å². The Hall–Kier alpha value is -1.21. The van der Waals surface area contributed by atoms with Crippen LogP contribution >= 0.6 is 12.2 Å². The van der Waals surface area contributed by atoms with Crippen LogP contribution in [0.15, 0.2) is 0 Å². The normalized spacial score (nSPS) is 22.0. The SMILES string of the molecule is CNC(=O)NC(=O)C(C)N1CCCCC1C(N)=S. The largest absolute Gasteiger partial charge is 0.392 e. The predicted octanol–water partition coefficient (Wildman–Crippen LogP) is -0.0289. The predicted molar refractivity (Wildman–Crippen MR) is 73.2 cm³/mol. The molecule has 0 saturated carbocycles. The van der Waals surface area contributed by atoms with Crippen molar-refractivity contribution >= 4 is 29.1 Å². The van der Waals surface area contributed by atoms with Gasteiger partial charge in [0.25, 0.3) is 0 Å². The Bertz CT molecular complexity index is 348. The van der Waals surface area contributed by atoms with Gasteiger partial charge in [-0.05, 0) is 26.3 Å². The average molecular weight is 272 g/mol. The minimum Gasteiger partial charge on any atom is -0.392 e. The Morgan fingerprint density at radius 3 is 2.67 bits per heavy atom. The number of piperidine rings is 1. The van der Waals surface area contributed by atoms with Gasteiger partial charge in [-0.25, -0.2) is 4.79 Å². The van der Waals surface area contributed by atoms with E-state index in [0.29, 0.717) is 4.99 Å². The molecule has 0 spiro atoms. The second-order valence-electron chi connectivity index (χ2n) is 4.40. The fraction of sp³-hybridized carbons (Fsp3) is 0.727. The van der Waals surface area contributed by atoms with E-state index in [1.165, 1.54) is 7.05 Å². The van der Waals surface area contributed by atoms with Gasteiger partial charge in [-0.15, -0.1) is 0 Å². The van der Waals surface area contributed by atoms with E-state index in [0.717, 1.165) is 25.8 Å². The third kappa shape index (κ3) is 3.64. The highest BCUT2D eigenvalue weighted by Crippen LogP contribution is 2.20. The van der Waals surface area contributed by atoms with Gasteiger partial charge in [0.2, 0.25) is 5.91 Å². The van der Waals surface area contributed by atoms with E-state index in [1.54, 1.807) is 6.92 Å². The molecule has 1 fully saturated rings. The van der Waals surface area contributed by atoms with E-state index >= 15 is 0 Å². The first-order chi connectivity index (χ1) is 8.47. The molecule has 7 heteroatoms. The first kappa shape index (κ1) is 14.8. The summed E-state index contributed by atoms with van der Waals surface area (Å²) in [6.45, 7) is 2.53. The van der Waals surface area contributed by atoms with Crippen molar-refractivity contribution in [2.24, 2.45) is 5.73 Å². The van der Waals surface area contributed by atoms with E-state index < -0.39 is 12.1 Å². The Labute approximate surface area is 112 Å². The zero-order valence-corrected chi connectivity index (χ0v) is 11.5. The molecule has 1 aliphatic heterocycles. The smallest absolute Gasteiger partial charge is 0.321 e. The Kier molecular flexibility index (Phi) is 5.49. The third-order valence-corrected chi connectivity index (χ3v) is 3.49. The molecule has 0 aromatic rings. The van der Waals surface area contributed by atoms with Gasteiger partial charge >= 0.3 is 6.03 Å². The van der Waals surface area contributed by atoms with Crippen molar-refractivity contribution in [1.29, 1.82) is 0 Å². The molecule has 1 heterocycles. The van der Waals surface area contributed by atoms with Gasteiger partial charge in [0.15, 0.2) is 0 Å². The molecule has 1 aliphatic rings. The summed E-state index contributed by atoms with van der Waals surface area (Å²) in [6, 6.07) is -0.982. The summed E-state index contributed by atoms with van der Waals surface area (Å²) in [5.74, 6) is -0.336. The molecule has 6 nitrogen and oxygen atoms in total. The standard InChI is InChI=1S/C11H20N4O2S/c1-7(10(16)14-11(17)13-2)15-6-4-3-5-8(15)9(12)18/h7-8H,3-6H2,1-2H3,(H2,12,18)(H2,13,14,16,17). The Morgan fingerprint density at radius 2 is 2.11 bits per heavy atom. The second-order valence-corrected chi connectivity index (χ2v) is 4.87. The number of hydrogen-bond acceptors (Lipinski definition) is 4. The lowest BCUT2D eigenvalue weighted by molar-refractivity contribution is -0.125. The van der Waals surface area contributed by atoms with Gasteiger partial charge in [-0.2, -0.15) is 0 Å². The lowest BCUT2D eigenvalue weighted by atomic mass is 10.00. The first-order valence-corrected chi connectivity index (χ1v) is 6.45. The molecule has 1 saturated heterocycles. The molecule has 1 rings (SSSR count). The van der Waals surface area contributed by atoms with Crippen LogP contribution in [-0.4, -0.2) is 47.5 Å². The number of nitrogens with two attached hydrogens (primary N) is 1. The van der Waals surface area contributed by atoms with Crippen LogP contribution in [0.2, 0.25) is 0 Å². The number of imide groups is 1. The second kappa shape index (κ2) is 6.65. The van der Waals surface area contributed by atoms with E-state index in [1.807, 2.05) is 4.90 Å². The van der Waals surface area contributed by atoms with Crippen molar-refractivity contribution in [3.05, 3.63) is 0 Å². The summed E-state index contributed by atoms with van der Waals surface area (Å²) in [6.07, 6.45) is 2.94. The van der Waals surface area contributed by atoms with Gasteiger partial charge in [-0.1, -0.05) is 18.6 Å². The molecule has 2 unspecified atom stereocenters. The van der Waals surface area contributed by atoms with E-state index in [4.69, 9.17) is 18.0 Å². The van der Waals surface area contributed by atoms with E-state index in [2.05, 4.69) is 10.6 Å². The lowest BCUT2D eigenvalue weighted by Crippen LogP contribution is -2.56. The molecule has 0 radical (unpaired) electrons. The van der Waals surface area contributed by atoms with Crippen molar-refractivity contribution in [3.8, 4) is 0 Å². The van der Waals surface area contributed by atoms with Gasteiger partial charge in [0.05, 0.1) is 17.1 Å². The van der Waals surface area contributed by atoms with Crippen molar-refractivity contribution in [3.63, 3.8) is 0 Å². The zero-order valence-electron chi connectivity index (χ0n) is 10.7. The molecule has 0 aromatic carbocycles. The molecule has 3 amide bonds. The fourth-order valence-corrected chi connectivity index (χ4v) is 2.41. The number of amides is 3. The molecule has 0 aliphatic carbocycles. The summed E-state index contributed by atoms with van der Waals surface area (Å²) >= 11 is 5.03. The number of rotatable bonds is 3. The number of likely N-dealkylation sites (tertiary alicyclic amines) is 1. The van der Waals surface area contributed by atoms with Gasteiger partial charge in [-0.3, -0.25) is 15.0 Å². The summed E-state index contributed by atoms with van der Waals surface area (Å²) in [4.78, 5) is 25.4. The van der Waals surface area contributed by atoms with E-state index in [9.17, 15) is 9.59 Å². The quantitative estimate of drug-likeness (QED) is 0.628. The zero-order chi connectivity index (χ0) is 13.7. The van der Waals surface area contributed by atoms with Crippen molar-refractivity contribution < 1.29 is 9.59 Å². The fourth-order valence-electron chi connectivity index (χ4n) is 2.15. The van der Waals surface area contributed by atoms with Crippen molar-refractivity contribution in [1.82, 2.24) is 15.5 Å². The number of carbonyl (C=O) groups is 2. The van der Waals surface area contributed by atoms with Gasteiger partial charge in [0, 0.05) is 7.05 Å². The monoisotopic (exact) mass is 272 g/mol. The van der Waals surface area contributed by atoms with Gasteiger partial charge in [0.1, 0.15) is 0 Å². The number of carbonyl (C=O) groups excluding carboxylic acids is 2. The highest BCUT2D eigenvalue weighted by atomic mass is 32.1. The molecule has 102 valence electrons. The maximum atomic E-state index is 11.9. The number of thiocarbonyl (C=S) groups is 1. The highest BCUT2D eigenvalue weighted by molar-refractivity contribution is 7.80. The molecule has 0 bridgehead atoms. The van der Waals surface area contributed by atoms with Crippen molar-refractivity contribution in [2.45, 2.75) is 38.3 Å². The number of nitrogens with one attached hydrogen (secondary N) is 2. The summed E-state index contributed by atoms with van der Waals surface area (Å²) in [7, 11) is 1.46. The van der Waals surface area contributed by atoms with Gasteiger partial charge < -0.3 is 11.1 Å². The van der Waals surface area contributed by atoms with Crippen molar-refractivity contribution in [2.75, 3.05) is 13.6 Å². The van der Waals surface area contributed by atoms with Crippen LogP contribution in [0.3, 0.4) is 0 Å². The number of hydrogen-bond donors (Lipinski definition) is 3. The number of nitrogens with zero attached hydrogens (tertiary/aromatic N) is 1. The van der Waals surface area contributed by atoms with Crippen LogP contribution in [0.5, 0.6) is 0 Å². The summed E-state index contributed by atoms with van der Waals surface area (Å²) in [5.41, 5.74) is 5.70.